The van der Waals surface area contributed by atoms with Gasteiger partial charge in [0.2, 0.25) is 11.8 Å². The number of anilines is 2. The minimum absolute atomic E-state index is 0.0941. The lowest BCUT2D eigenvalue weighted by Crippen LogP contribution is -2.28. The Morgan fingerprint density at radius 1 is 1.12 bits per heavy atom. The quantitative estimate of drug-likeness (QED) is 0.939. The number of rotatable bonds is 3. The van der Waals surface area contributed by atoms with E-state index in [-0.39, 0.29) is 23.9 Å². The van der Waals surface area contributed by atoms with Gasteiger partial charge in [-0.05, 0) is 43.7 Å². The number of aryl methyl sites for hydroxylation is 2. The molecule has 2 aromatic carbocycles. The van der Waals surface area contributed by atoms with E-state index in [2.05, 4.69) is 5.32 Å². The predicted octanol–water partition coefficient (Wildman–Crippen LogP) is 3.43. The van der Waals surface area contributed by atoms with Gasteiger partial charge < -0.3 is 10.2 Å². The topological polar surface area (TPSA) is 49.4 Å². The standard InChI is InChI=1S/C19H19FN2O2/c1-12-3-6-15(7-4-12)22-11-14(10-18(22)23)19(24)21-17-8-5-13(2)9-16(17)20/h3-9,14H,10-11H2,1-2H3,(H,21,24). The molecule has 1 fully saturated rings. The van der Waals surface area contributed by atoms with Crippen LogP contribution in [0.15, 0.2) is 42.5 Å². The molecule has 1 heterocycles. The zero-order chi connectivity index (χ0) is 17.3. The normalized spacial score (nSPS) is 17.2. The monoisotopic (exact) mass is 326 g/mol. The van der Waals surface area contributed by atoms with Gasteiger partial charge in [-0.1, -0.05) is 23.8 Å². The molecule has 0 aliphatic carbocycles. The molecule has 1 unspecified atom stereocenters. The first-order valence-corrected chi connectivity index (χ1v) is 7.88. The van der Waals surface area contributed by atoms with Gasteiger partial charge in [0.05, 0.1) is 11.6 Å². The van der Waals surface area contributed by atoms with Crippen LogP contribution in [0, 0.1) is 25.6 Å². The molecule has 5 heteroatoms. The Bertz CT molecular complexity index is 786. The second-order valence-corrected chi connectivity index (χ2v) is 6.21. The van der Waals surface area contributed by atoms with Crippen LogP contribution < -0.4 is 10.2 Å². The first-order chi connectivity index (χ1) is 11.4. The van der Waals surface area contributed by atoms with Gasteiger partial charge in [0.25, 0.3) is 0 Å². The number of hydrogen-bond acceptors (Lipinski definition) is 2. The number of carbonyl (C=O) groups excluding carboxylic acids is 2. The molecule has 1 atom stereocenters. The molecule has 0 spiro atoms. The van der Waals surface area contributed by atoms with Crippen LogP contribution in [0.2, 0.25) is 0 Å². The van der Waals surface area contributed by atoms with Gasteiger partial charge in [-0.2, -0.15) is 0 Å². The molecule has 3 rings (SSSR count). The van der Waals surface area contributed by atoms with Gasteiger partial charge in [0, 0.05) is 18.7 Å². The Hall–Kier alpha value is -2.69. The zero-order valence-electron chi connectivity index (χ0n) is 13.7. The van der Waals surface area contributed by atoms with Gasteiger partial charge in [-0.3, -0.25) is 9.59 Å². The van der Waals surface area contributed by atoms with E-state index < -0.39 is 11.7 Å². The second kappa shape index (κ2) is 6.43. The number of benzene rings is 2. The molecule has 2 amide bonds. The van der Waals surface area contributed by atoms with Crippen LogP contribution >= 0.6 is 0 Å². The highest BCUT2D eigenvalue weighted by molar-refractivity contribution is 6.03. The van der Waals surface area contributed by atoms with Crippen molar-refractivity contribution >= 4 is 23.2 Å². The molecule has 124 valence electrons. The van der Waals surface area contributed by atoms with E-state index in [1.54, 1.807) is 17.9 Å². The Balaban J connectivity index is 1.70. The molecule has 24 heavy (non-hydrogen) atoms. The van der Waals surface area contributed by atoms with E-state index in [1.165, 1.54) is 12.1 Å². The van der Waals surface area contributed by atoms with Gasteiger partial charge in [0.1, 0.15) is 5.82 Å². The molecule has 1 aliphatic rings. The number of carbonyl (C=O) groups is 2. The smallest absolute Gasteiger partial charge is 0.229 e. The lowest BCUT2D eigenvalue weighted by atomic mass is 10.1. The molecule has 1 aliphatic heterocycles. The Morgan fingerprint density at radius 2 is 1.79 bits per heavy atom. The van der Waals surface area contributed by atoms with Crippen molar-refractivity contribution in [2.45, 2.75) is 20.3 Å². The molecule has 0 radical (unpaired) electrons. The number of nitrogens with zero attached hydrogens (tertiary/aromatic N) is 1. The molecular weight excluding hydrogens is 307 g/mol. The maximum Gasteiger partial charge on any atom is 0.229 e. The fourth-order valence-electron chi connectivity index (χ4n) is 2.81. The van der Waals surface area contributed by atoms with Crippen LogP contribution in [-0.4, -0.2) is 18.4 Å². The van der Waals surface area contributed by atoms with Crippen molar-refractivity contribution in [2.24, 2.45) is 5.92 Å². The third-order valence-electron chi connectivity index (χ3n) is 4.22. The van der Waals surface area contributed by atoms with Crippen molar-refractivity contribution in [2.75, 3.05) is 16.8 Å². The van der Waals surface area contributed by atoms with Gasteiger partial charge in [0.15, 0.2) is 0 Å². The van der Waals surface area contributed by atoms with Crippen molar-refractivity contribution in [3.63, 3.8) is 0 Å². The summed E-state index contributed by atoms with van der Waals surface area (Å²) in [6.07, 6.45) is 0.132. The summed E-state index contributed by atoms with van der Waals surface area (Å²) in [6.45, 7) is 4.06. The Labute approximate surface area is 140 Å². The number of amides is 2. The molecular formula is C19H19FN2O2. The molecule has 1 saturated heterocycles. The average molecular weight is 326 g/mol. The largest absolute Gasteiger partial charge is 0.323 e. The fourth-order valence-corrected chi connectivity index (χ4v) is 2.81. The van der Waals surface area contributed by atoms with Crippen LogP contribution in [0.4, 0.5) is 15.8 Å². The van der Waals surface area contributed by atoms with E-state index >= 15 is 0 Å². The lowest BCUT2D eigenvalue weighted by Gasteiger charge is -2.17. The first kappa shape index (κ1) is 16.2. The summed E-state index contributed by atoms with van der Waals surface area (Å²) in [5, 5.41) is 2.59. The molecule has 0 saturated carbocycles. The van der Waals surface area contributed by atoms with Crippen molar-refractivity contribution < 1.29 is 14.0 Å². The average Bonchev–Trinajstić information content (AvgIpc) is 2.93. The van der Waals surface area contributed by atoms with Crippen molar-refractivity contribution in [1.29, 1.82) is 0 Å². The maximum atomic E-state index is 13.9. The highest BCUT2D eigenvalue weighted by Crippen LogP contribution is 2.26. The van der Waals surface area contributed by atoms with E-state index in [1.807, 2.05) is 31.2 Å². The van der Waals surface area contributed by atoms with Crippen molar-refractivity contribution in [3.05, 3.63) is 59.4 Å². The first-order valence-electron chi connectivity index (χ1n) is 7.88. The van der Waals surface area contributed by atoms with E-state index in [4.69, 9.17) is 0 Å². The fraction of sp³-hybridized carbons (Fsp3) is 0.263. The second-order valence-electron chi connectivity index (χ2n) is 6.21. The summed E-state index contributed by atoms with van der Waals surface area (Å²) in [6, 6.07) is 12.2. The number of halogens is 1. The lowest BCUT2D eigenvalue weighted by molar-refractivity contribution is -0.122. The number of nitrogens with one attached hydrogen (secondary N) is 1. The molecule has 0 bridgehead atoms. The SMILES string of the molecule is Cc1ccc(N2CC(C(=O)Nc3ccc(C)cc3F)CC2=O)cc1. The van der Waals surface area contributed by atoms with Crippen molar-refractivity contribution in [1.82, 2.24) is 0 Å². The molecule has 0 aromatic heterocycles. The molecule has 4 nitrogen and oxygen atoms in total. The summed E-state index contributed by atoms with van der Waals surface area (Å²) < 4.78 is 13.9. The van der Waals surface area contributed by atoms with Gasteiger partial charge in [-0.25, -0.2) is 4.39 Å². The third kappa shape index (κ3) is 3.30. The number of hydrogen-bond donors (Lipinski definition) is 1. The maximum absolute atomic E-state index is 13.9. The minimum atomic E-state index is -0.487. The van der Waals surface area contributed by atoms with Gasteiger partial charge in [-0.15, -0.1) is 0 Å². The zero-order valence-corrected chi connectivity index (χ0v) is 13.7. The summed E-state index contributed by atoms with van der Waals surface area (Å²) >= 11 is 0. The highest BCUT2D eigenvalue weighted by Gasteiger charge is 2.35. The van der Waals surface area contributed by atoms with Crippen LogP contribution in [0.25, 0.3) is 0 Å². The highest BCUT2D eigenvalue weighted by atomic mass is 19.1. The third-order valence-corrected chi connectivity index (χ3v) is 4.22. The summed E-state index contributed by atoms with van der Waals surface area (Å²) in [5.41, 5.74) is 2.82. The van der Waals surface area contributed by atoms with Crippen LogP contribution in [-0.2, 0) is 9.59 Å². The summed E-state index contributed by atoms with van der Waals surface area (Å²) in [4.78, 5) is 26.2. The Kier molecular flexibility index (Phi) is 4.34. The van der Waals surface area contributed by atoms with E-state index in [0.717, 1.165) is 16.8 Å². The van der Waals surface area contributed by atoms with E-state index in [0.29, 0.717) is 6.54 Å². The van der Waals surface area contributed by atoms with Gasteiger partial charge >= 0.3 is 0 Å². The predicted molar refractivity (Wildman–Crippen MR) is 91.4 cm³/mol. The molecule has 1 N–H and O–H groups in total. The van der Waals surface area contributed by atoms with Crippen LogP contribution in [0.5, 0.6) is 0 Å². The van der Waals surface area contributed by atoms with Crippen molar-refractivity contribution in [3.8, 4) is 0 Å². The Morgan fingerprint density at radius 3 is 2.46 bits per heavy atom. The molecule has 2 aromatic rings. The van der Waals surface area contributed by atoms with E-state index in [9.17, 15) is 14.0 Å². The minimum Gasteiger partial charge on any atom is -0.323 e. The van der Waals surface area contributed by atoms with Crippen LogP contribution in [0.1, 0.15) is 17.5 Å². The summed E-state index contributed by atoms with van der Waals surface area (Å²) in [5.74, 6) is -1.38. The van der Waals surface area contributed by atoms with Crippen LogP contribution in [0.3, 0.4) is 0 Å². The summed E-state index contributed by atoms with van der Waals surface area (Å²) in [7, 11) is 0.